The van der Waals surface area contributed by atoms with E-state index in [9.17, 15) is 0 Å². The number of nitrogens with two attached hydrogens (primary N) is 2. The third kappa shape index (κ3) is 4.47. The molecule has 1 unspecified atom stereocenters. The number of rotatable bonds is 3. The predicted octanol–water partition coefficient (Wildman–Crippen LogP) is 5.83. The Bertz CT molecular complexity index is 1140. The Morgan fingerprint density at radius 2 is 1.71 bits per heavy atom. The monoisotopic (exact) mass is 495 g/mol. The molecule has 0 fully saturated rings. The molecule has 2 aromatic carbocycles. The quantitative estimate of drug-likeness (QED) is 0.561. The minimum atomic E-state index is -0.203. The molecule has 2 heterocycles. The van der Waals surface area contributed by atoms with Gasteiger partial charge < -0.3 is 16.2 Å². The lowest BCUT2D eigenvalue weighted by Gasteiger charge is -2.38. The van der Waals surface area contributed by atoms with Gasteiger partial charge in [0, 0.05) is 56.8 Å². The van der Waals surface area contributed by atoms with Crippen LogP contribution in [0.4, 0.5) is 0 Å². The van der Waals surface area contributed by atoms with E-state index in [1.165, 1.54) is 0 Å². The molecule has 0 saturated carbocycles. The number of nitrogens with zero attached hydrogens (tertiary/aromatic N) is 1. The largest absolute Gasteiger partial charge is 0.441 e. The number of hydrogen-bond acceptors (Lipinski definition) is 4. The van der Waals surface area contributed by atoms with E-state index in [-0.39, 0.29) is 12.5 Å². The van der Waals surface area contributed by atoms with E-state index < -0.39 is 0 Å². The fourth-order valence-corrected chi connectivity index (χ4v) is 5.10. The molecule has 0 aliphatic carbocycles. The molecule has 0 radical (unpaired) electrons. The highest BCUT2D eigenvalue weighted by atomic mass is 35.5. The first kappa shape index (κ1) is 22.5. The highest BCUT2D eigenvalue weighted by Crippen LogP contribution is 2.45. The molecular formula is C23H21Cl4N3O. The predicted molar refractivity (Wildman–Crippen MR) is 130 cm³/mol. The lowest BCUT2D eigenvalue weighted by atomic mass is 9.80. The molecule has 0 saturated heterocycles. The summed E-state index contributed by atoms with van der Waals surface area (Å²) in [5.41, 5.74) is 17.0. The fourth-order valence-electron chi connectivity index (χ4n) is 4.12. The average molecular weight is 497 g/mol. The number of likely N-dealkylation sites (N-methyl/N-ethyl adjacent to an activating group) is 1. The van der Waals surface area contributed by atoms with Gasteiger partial charge in [0.15, 0.2) is 5.88 Å². The molecule has 4 nitrogen and oxygen atoms in total. The van der Waals surface area contributed by atoms with E-state index >= 15 is 0 Å². The summed E-state index contributed by atoms with van der Waals surface area (Å²) in [6, 6.07) is 10.9. The normalized spacial score (nSPS) is 20.8. The zero-order chi connectivity index (χ0) is 22.3. The second-order valence-corrected chi connectivity index (χ2v) is 9.34. The van der Waals surface area contributed by atoms with Crippen LogP contribution in [0.5, 0.6) is 0 Å². The van der Waals surface area contributed by atoms with Crippen LogP contribution in [0.1, 0.15) is 17.0 Å². The maximum absolute atomic E-state index is 6.59. The first-order valence-electron chi connectivity index (χ1n) is 9.67. The number of ether oxygens (including phenoxy) is 1. The molecule has 8 heteroatoms. The summed E-state index contributed by atoms with van der Waals surface area (Å²) in [5.74, 6) is 0.829. The molecule has 4 N–H and O–H groups in total. The minimum absolute atomic E-state index is 0.203. The van der Waals surface area contributed by atoms with Crippen LogP contribution >= 0.6 is 46.4 Å². The van der Waals surface area contributed by atoms with Gasteiger partial charge in [-0.3, -0.25) is 4.90 Å². The molecule has 0 spiro atoms. The molecule has 2 aliphatic rings. The van der Waals surface area contributed by atoms with Crippen LogP contribution in [0, 0.1) is 0 Å². The van der Waals surface area contributed by atoms with E-state index in [0.717, 1.165) is 33.6 Å². The van der Waals surface area contributed by atoms with Crippen LogP contribution in [0.3, 0.4) is 0 Å². The Morgan fingerprint density at radius 1 is 1.03 bits per heavy atom. The smallest absolute Gasteiger partial charge is 0.192 e. The molecule has 31 heavy (non-hydrogen) atoms. The van der Waals surface area contributed by atoms with Gasteiger partial charge in [-0.05, 0) is 54.1 Å². The Hall–Kier alpha value is -1.66. The van der Waals surface area contributed by atoms with Gasteiger partial charge in [-0.2, -0.15) is 0 Å². The molecule has 0 bridgehead atoms. The van der Waals surface area contributed by atoms with Crippen molar-refractivity contribution in [1.82, 2.24) is 4.90 Å². The maximum atomic E-state index is 6.59. The van der Waals surface area contributed by atoms with Crippen molar-refractivity contribution in [2.24, 2.45) is 11.5 Å². The molecule has 0 amide bonds. The highest BCUT2D eigenvalue weighted by molar-refractivity contribution is 6.36. The van der Waals surface area contributed by atoms with Crippen LogP contribution in [-0.2, 0) is 4.74 Å². The van der Waals surface area contributed by atoms with Crippen molar-refractivity contribution in [2.75, 3.05) is 26.7 Å². The van der Waals surface area contributed by atoms with Crippen molar-refractivity contribution in [3.63, 3.8) is 0 Å². The summed E-state index contributed by atoms with van der Waals surface area (Å²) < 4.78 is 6.13. The van der Waals surface area contributed by atoms with Gasteiger partial charge in [0.05, 0.1) is 0 Å². The average Bonchev–Trinajstić information content (AvgIpc) is 2.70. The first-order valence-corrected chi connectivity index (χ1v) is 11.2. The Kier molecular flexibility index (Phi) is 6.59. The molecule has 4 rings (SSSR count). The van der Waals surface area contributed by atoms with E-state index in [1.54, 1.807) is 18.2 Å². The second kappa shape index (κ2) is 9.07. The molecule has 0 aromatic heterocycles. The summed E-state index contributed by atoms with van der Waals surface area (Å²) in [4.78, 5) is 2.20. The third-order valence-electron chi connectivity index (χ3n) is 5.47. The Balaban J connectivity index is 1.89. The van der Waals surface area contributed by atoms with Gasteiger partial charge in [-0.1, -0.05) is 58.5 Å². The van der Waals surface area contributed by atoms with Crippen LogP contribution in [0.15, 0.2) is 64.8 Å². The molecule has 162 valence electrons. The standard InChI is InChI=1S/C23H21Cl4N3O/c1-30-10-13(6-12-2-3-14(24)7-19(12)26)22-18(11-30)21(17(9-28)23(29)31-22)16-5-4-15(25)8-20(16)27/h2-8,21H,9-11,28-29H2,1H3/b13-6+. The van der Waals surface area contributed by atoms with Gasteiger partial charge in [-0.15, -0.1) is 0 Å². The SMILES string of the molecule is CN1CC2=C(OC(N)=C(CN)C2c2ccc(Cl)cc2Cl)/C(=C/c2ccc(Cl)cc2Cl)C1. The topological polar surface area (TPSA) is 64.5 Å². The Morgan fingerprint density at radius 3 is 2.35 bits per heavy atom. The van der Waals surface area contributed by atoms with E-state index in [1.807, 2.05) is 31.3 Å². The molecule has 2 aromatic rings. The third-order valence-corrected chi connectivity index (χ3v) is 6.60. The number of benzene rings is 2. The summed E-state index contributed by atoms with van der Waals surface area (Å²) in [6.07, 6.45) is 2.00. The minimum Gasteiger partial charge on any atom is -0.441 e. The number of hydrogen-bond donors (Lipinski definition) is 2. The second-order valence-electron chi connectivity index (χ2n) is 7.66. The van der Waals surface area contributed by atoms with Crippen molar-refractivity contribution in [2.45, 2.75) is 5.92 Å². The highest BCUT2D eigenvalue weighted by Gasteiger charge is 2.37. The zero-order valence-corrected chi connectivity index (χ0v) is 19.8. The van der Waals surface area contributed by atoms with Gasteiger partial charge in [0.1, 0.15) is 5.76 Å². The van der Waals surface area contributed by atoms with E-state index in [0.29, 0.717) is 39.1 Å². The van der Waals surface area contributed by atoms with Crippen molar-refractivity contribution in [3.8, 4) is 0 Å². The molecule has 1 atom stereocenters. The summed E-state index contributed by atoms with van der Waals surface area (Å²) >= 11 is 25.2. The molecule has 2 aliphatic heterocycles. The van der Waals surface area contributed by atoms with Gasteiger partial charge >= 0.3 is 0 Å². The van der Waals surface area contributed by atoms with Crippen LogP contribution < -0.4 is 11.5 Å². The van der Waals surface area contributed by atoms with Crippen molar-refractivity contribution < 1.29 is 4.74 Å². The van der Waals surface area contributed by atoms with Crippen molar-refractivity contribution in [1.29, 1.82) is 0 Å². The van der Waals surface area contributed by atoms with Crippen LogP contribution in [0.25, 0.3) is 6.08 Å². The van der Waals surface area contributed by atoms with Crippen LogP contribution in [-0.4, -0.2) is 31.6 Å². The maximum Gasteiger partial charge on any atom is 0.192 e. The molecular weight excluding hydrogens is 476 g/mol. The Labute approximate surface area is 201 Å². The van der Waals surface area contributed by atoms with Crippen molar-refractivity contribution in [3.05, 3.63) is 96.0 Å². The summed E-state index contributed by atoms with van der Waals surface area (Å²) in [5, 5.41) is 2.28. The first-order chi connectivity index (χ1) is 14.8. The van der Waals surface area contributed by atoms with Crippen molar-refractivity contribution >= 4 is 52.5 Å². The summed E-state index contributed by atoms with van der Waals surface area (Å²) in [7, 11) is 2.05. The lowest BCUT2D eigenvalue weighted by molar-refractivity contribution is 0.248. The van der Waals surface area contributed by atoms with E-state index in [2.05, 4.69) is 4.90 Å². The summed E-state index contributed by atoms with van der Waals surface area (Å²) in [6.45, 7) is 1.60. The van der Waals surface area contributed by atoms with E-state index in [4.69, 9.17) is 62.6 Å². The zero-order valence-electron chi connectivity index (χ0n) is 16.8. The van der Waals surface area contributed by atoms with Crippen LogP contribution in [0.2, 0.25) is 20.1 Å². The number of halogens is 4. The van der Waals surface area contributed by atoms with Gasteiger partial charge in [0.25, 0.3) is 0 Å². The van der Waals surface area contributed by atoms with Gasteiger partial charge in [0.2, 0.25) is 0 Å². The fraction of sp³-hybridized carbons (Fsp3) is 0.217. The lowest BCUT2D eigenvalue weighted by Crippen LogP contribution is -2.37. The van der Waals surface area contributed by atoms with Gasteiger partial charge in [-0.25, -0.2) is 0 Å².